The first-order valence-electron chi connectivity index (χ1n) is 10.0. The standard InChI is InChI=1S/C23H19ClN4O3S/c24-19-10-9-17(32(30,31)28-12-11-15-5-1-2-6-16(15)14-28)13-18(19)22(29)27-23-25-20-7-3-4-8-21(20)26-23/h1-10,13H,11-12,14H2,(H2,25,26,27,29). The van der Waals surface area contributed by atoms with E-state index in [1.54, 1.807) is 0 Å². The van der Waals surface area contributed by atoms with Crippen molar-refractivity contribution in [2.24, 2.45) is 0 Å². The van der Waals surface area contributed by atoms with E-state index in [1.807, 2.05) is 48.5 Å². The third-order valence-electron chi connectivity index (χ3n) is 5.54. The van der Waals surface area contributed by atoms with Crippen LogP contribution in [0.2, 0.25) is 5.02 Å². The van der Waals surface area contributed by atoms with Crippen molar-refractivity contribution in [1.82, 2.24) is 14.3 Å². The number of aromatic amines is 1. The van der Waals surface area contributed by atoms with Crippen LogP contribution < -0.4 is 5.32 Å². The Morgan fingerprint density at radius 3 is 2.59 bits per heavy atom. The molecule has 4 aromatic rings. The molecule has 1 amide bonds. The van der Waals surface area contributed by atoms with Crippen LogP contribution in [0.4, 0.5) is 5.95 Å². The second kappa shape index (κ2) is 8.05. The van der Waals surface area contributed by atoms with Crippen LogP contribution >= 0.6 is 11.6 Å². The van der Waals surface area contributed by atoms with Crippen molar-refractivity contribution < 1.29 is 13.2 Å². The maximum Gasteiger partial charge on any atom is 0.259 e. The van der Waals surface area contributed by atoms with Crippen molar-refractivity contribution in [3.8, 4) is 0 Å². The number of amides is 1. The van der Waals surface area contributed by atoms with Crippen LogP contribution in [-0.2, 0) is 23.0 Å². The summed E-state index contributed by atoms with van der Waals surface area (Å²) in [6.45, 7) is 0.671. The molecular weight excluding hydrogens is 448 g/mol. The van der Waals surface area contributed by atoms with Crippen molar-refractivity contribution in [2.75, 3.05) is 11.9 Å². The van der Waals surface area contributed by atoms with Gasteiger partial charge in [0.1, 0.15) is 0 Å². The summed E-state index contributed by atoms with van der Waals surface area (Å²) >= 11 is 6.24. The highest BCUT2D eigenvalue weighted by atomic mass is 35.5. The highest BCUT2D eigenvalue weighted by Crippen LogP contribution is 2.28. The molecule has 7 nitrogen and oxygen atoms in total. The predicted octanol–water partition coefficient (Wildman–Crippen LogP) is 4.22. The van der Waals surface area contributed by atoms with Gasteiger partial charge in [-0.15, -0.1) is 0 Å². The summed E-state index contributed by atoms with van der Waals surface area (Å²) in [6, 6.07) is 19.3. The number of sulfonamides is 1. The molecule has 0 bridgehead atoms. The average molecular weight is 467 g/mol. The van der Waals surface area contributed by atoms with E-state index in [-0.39, 0.29) is 21.4 Å². The first kappa shape index (κ1) is 20.7. The van der Waals surface area contributed by atoms with Crippen LogP contribution in [0, 0.1) is 0 Å². The van der Waals surface area contributed by atoms with Crippen molar-refractivity contribution in [1.29, 1.82) is 0 Å². The molecule has 0 saturated carbocycles. The Morgan fingerprint density at radius 1 is 1.03 bits per heavy atom. The zero-order valence-electron chi connectivity index (χ0n) is 16.9. The van der Waals surface area contributed by atoms with E-state index in [4.69, 9.17) is 11.6 Å². The number of nitrogens with zero attached hydrogens (tertiary/aromatic N) is 2. The van der Waals surface area contributed by atoms with E-state index in [1.165, 1.54) is 22.5 Å². The minimum atomic E-state index is -3.80. The zero-order valence-corrected chi connectivity index (χ0v) is 18.4. The maximum atomic E-state index is 13.3. The minimum absolute atomic E-state index is 0.0241. The Hall–Kier alpha value is -3.20. The monoisotopic (exact) mass is 466 g/mol. The molecule has 2 N–H and O–H groups in total. The Labute approximate surface area is 190 Å². The maximum absolute atomic E-state index is 13.3. The molecule has 0 unspecified atom stereocenters. The molecule has 3 aromatic carbocycles. The number of imidazole rings is 1. The van der Waals surface area contributed by atoms with Gasteiger partial charge in [0.15, 0.2) is 0 Å². The summed E-state index contributed by atoms with van der Waals surface area (Å²) in [5.41, 5.74) is 3.68. The third kappa shape index (κ3) is 3.77. The van der Waals surface area contributed by atoms with Gasteiger partial charge in [-0.05, 0) is 47.9 Å². The molecule has 0 radical (unpaired) electrons. The number of para-hydroxylation sites is 2. The van der Waals surface area contributed by atoms with Gasteiger partial charge >= 0.3 is 0 Å². The summed E-state index contributed by atoms with van der Waals surface area (Å²) in [6.07, 6.45) is 0.641. The SMILES string of the molecule is O=C(Nc1nc2ccccc2[nH]1)c1cc(S(=O)(=O)N2CCc3ccccc3C2)ccc1Cl. The molecule has 1 aliphatic rings. The van der Waals surface area contributed by atoms with E-state index in [0.29, 0.717) is 25.0 Å². The number of fused-ring (bicyclic) bond motifs is 2. The number of hydrogen-bond acceptors (Lipinski definition) is 4. The minimum Gasteiger partial charge on any atom is -0.324 e. The van der Waals surface area contributed by atoms with Gasteiger partial charge in [-0.2, -0.15) is 4.31 Å². The molecule has 2 heterocycles. The van der Waals surface area contributed by atoms with Crippen LogP contribution in [0.5, 0.6) is 0 Å². The molecule has 0 atom stereocenters. The number of anilines is 1. The van der Waals surface area contributed by atoms with Gasteiger partial charge in [-0.3, -0.25) is 10.1 Å². The average Bonchev–Trinajstić information content (AvgIpc) is 3.21. The van der Waals surface area contributed by atoms with Gasteiger partial charge in [-0.1, -0.05) is 48.0 Å². The van der Waals surface area contributed by atoms with Crippen LogP contribution in [0.15, 0.2) is 71.6 Å². The van der Waals surface area contributed by atoms with Gasteiger partial charge in [0.05, 0.1) is 26.5 Å². The number of carbonyl (C=O) groups excluding carboxylic acids is 1. The zero-order chi connectivity index (χ0) is 22.3. The van der Waals surface area contributed by atoms with Gasteiger partial charge in [0, 0.05) is 13.1 Å². The molecular formula is C23H19ClN4O3S. The van der Waals surface area contributed by atoms with Crippen LogP contribution in [0.1, 0.15) is 21.5 Å². The fourth-order valence-electron chi connectivity index (χ4n) is 3.85. The lowest BCUT2D eigenvalue weighted by molar-refractivity contribution is 0.102. The number of benzene rings is 3. The summed E-state index contributed by atoms with van der Waals surface area (Å²) in [5.74, 6) is -0.289. The topological polar surface area (TPSA) is 95.2 Å². The largest absolute Gasteiger partial charge is 0.324 e. The Morgan fingerprint density at radius 2 is 1.78 bits per heavy atom. The summed E-state index contributed by atoms with van der Waals surface area (Å²) in [4.78, 5) is 20.2. The molecule has 0 aliphatic carbocycles. The number of hydrogen-bond donors (Lipinski definition) is 2. The van der Waals surface area contributed by atoms with Crippen LogP contribution in [-0.4, -0.2) is 35.1 Å². The number of halogens is 1. The first-order valence-corrected chi connectivity index (χ1v) is 11.9. The highest BCUT2D eigenvalue weighted by molar-refractivity contribution is 7.89. The fourth-order valence-corrected chi connectivity index (χ4v) is 5.50. The van der Waals surface area contributed by atoms with E-state index in [9.17, 15) is 13.2 Å². The van der Waals surface area contributed by atoms with Gasteiger partial charge in [-0.25, -0.2) is 13.4 Å². The third-order valence-corrected chi connectivity index (χ3v) is 7.71. The normalized spacial score (nSPS) is 14.3. The van der Waals surface area contributed by atoms with E-state index < -0.39 is 15.9 Å². The van der Waals surface area contributed by atoms with Crippen molar-refractivity contribution in [3.63, 3.8) is 0 Å². The smallest absolute Gasteiger partial charge is 0.259 e. The molecule has 9 heteroatoms. The molecule has 0 saturated heterocycles. The van der Waals surface area contributed by atoms with Gasteiger partial charge in [0.25, 0.3) is 5.91 Å². The summed E-state index contributed by atoms with van der Waals surface area (Å²) in [7, 11) is -3.80. The Kier molecular flexibility index (Phi) is 5.21. The quantitative estimate of drug-likeness (QED) is 0.471. The number of aromatic nitrogens is 2. The number of rotatable bonds is 4. The molecule has 0 spiro atoms. The fraction of sp³-hybridized carbons (Fsp3) is 0.130. The Balaban J connectivity index is 1.42. The van der Waals surface area contributed by atoms with E-state index >= 15 is 0 Å². The summed E-state index contributed by atoms with van der Waals surface area (Å²) < 4.78 is 28.0. The lowest BCUT2D eigenvalue weighted by Gasteiger charge is -2.28. The molecule has 32 heavy (non-hydrogen) atoms. The Bertz CT molecular complexity index is 1420. The number of carbonyl (C=O) groups is 1. The predicted molar refractivity (Wildman–Crippen MR) is 123 cm³/mol. The van der Waals surface area contributed by atoms with Crippen LogP contribution in [0.3, 0.4) is 0 Å². The summed E-state index contributed by atoms with van der Waals surface area (Å²) in [5, 5.41) is 2.82. The van der Waals surface area contributed by atoms with E-state index in [0.717, 1.165) is 16.6 Å². The lowest BCUT2D eigenvalue weighted by Crippen LogP contribution is -2.36. The molecule has 1 aliphatic heterocycles. The lowest BCUT2D eigenvalue weighted by atomic mass is 10.0. The molecule has 162 valence electrons. The van der Waals surface area contributed by atoms with Gasteiger partial charge < -0.3 is 4.98 Å². The molecule has 0 fully saturated rings. The first-order chi connectivity index (χ1) is 15.4. The van der Waals surface area contributed by atoms with Crippen molar-refractivity contribution in [3.05, 3.63) is 88.4 Å². The van der Waals surface area contributed by atoms with Crippen molar-refractivity contribution >= 4 is 44.5 Å². The number of nitrogens with one attached hydrogen (secondary N) is 2. The van der Waals surface area contributed by atoms with E-state index in [2.05, 4.69) is 15.3 Å². The molecule has 5 rings (SSSR count). The second-order valence-corrected chi connectivity index (χ2v) is 9.90. The van der Waals surface area contributed by atoms with Crippen molar-refractivity contribution in [2.45, 2.75) is 17.9 Å². The van der Waals surface area contributed by atoms with Crippen LogP contribution in [0.25, 0.3) is 11.0 Å². The van der Waals surface area contributed by atoms with Gasteiger partial charge in [0.2, 0.25) is 16.0 Å². The highest BCUT2D eigenvalue weighted by Gasteiger charge is 2.29. The molecule has 1 aromatic heterocycles. The second-order valence-electron chi connectivity index (χ2n) is 7.56. The number of H-pyrrole nitrogens is 1.